The molecule has 0 bridgehead atoms. The van der Waals surface area contributed by atoms with Crippen LogP contribution in [0.25, 0.3) is 22.4 Å². The van der Waals surface area contributed by atoms with E-state index in [0.717, 1.165) is 17.0 Å². The van der Waals surface area contributed by atoms with Gasteiger partial charge in [-0.25, -0.2) is 4.39 Å². The van der Waals surface area contributed by atoms with Crippen LogP contribution in [-0.4, -0.2) is 0 Å². The molecule has 0 fully saturated rings. The fourth-order valence-electron chi connectivity index (χ4n) is 2.49. The fraction of sp³-hybridized carbons (Fsp3) is 0.105. The second-order valence-corrected chi connectivity index (χ2v) is 5.20. The Balaban J connectivity index is 0.00000176. The number of halogens is 2. The molecular formula is C19H17FIN. The van der Waals surface area contributed by atoms with Gasteiger partial charge < -0.3 is 24.0 Å². The lowest BCUT2D eigenvalue weighted by Gasteiger charge is -2.07. The minimum Gasteiger partial charge on any atom is -1.00 e. The van der Waals surface area contributed by atoms with E-state index in [1.165, 1.54) is 23.3 Å². The molecule has 0 saturated heterocycles. The van der Waals surface area contributed by atoms with E-state index in [1.807, 2.05) is 37.4 Å². The second-order valence-electron chi connectivity index (χ2n) is 5.20. The lowest BCUT2D eigenvalue weighted by molar-refractivity contribution is -0.666. The van der Waals surface area contributed by atoms with E-state index in [9.17, 15) is 4.39 Å². The largest absolute Gasteiger partial charge is 1.00 e. The second kappa shape index (κ2) is 7.01. The van der Waals surface area contributed by atoms with Gasteiger partial charge in [0, 0.05) is 24.6 Å². The minimum atomic E-state index is -0.211. The first-order valence-corrected chi connectivity index (χ1v) is 6.97. The van der Waals surface area contributed by atoms with E-state index >= 15 is 0 Å². The van der Waals surface area contributed by atoms with Gasteiger partial charge in [-0.2, -0.15) is 4.57 Å². The molecule has 3 heteroatoms. The summed E-state index contributed by atoms with van der Waals surface area (Å²) < 4.78 is 15.2. The molecule has 0 unspecified atom stereocenters. The van der Waals surface area contributed by atoms with Crippen molar-refractivity contribution < 1.29 is 32.9 Å². The Bertz CT molecular complexity index is 767. The van der Waals surface area contributed by atoms with E-state index < -0.39 is 0 Å². The van der Waals surface area contributed by atoms with Crippen LogP contribution < -0.4 is 28.5 Å². The first-order chi connectivity index (χ1) is 10.1. The average molecular weight is 405 g/mol. The van der Waals surface area contributed by atoms with Crippen molar-refractivity contribution >= 4 is 0 Å². The topological polar surface area (TPSA) is 3.88 Å². The van der Waals surface area contributed by atoms with Crippen LogP contribution in [-0.2, 0) is 7.05 Å². The minimum absolute atomic E-state index is 0. The molecule has 0 atom stereocenters. The summed E-state index contributed by atoms with van der Waals surface area (Å²) in [6, 6.07) is 21.2. The molecule has 112 valence electrons. The molecule has 22 heavy (non-hydrogen) atoms. The lowest BCUT2D eigenvalue weighted by atomic mass is 10.0. The molecule has 1 aromatic heterocycles. The number of pyridine rings is 1. The smallest absolute Gasteiger partial charge is 0.213 e. The van der Waals surface area contributed by atoms with Crippen LogP contribution in [0.4, 0.5) is 4.39 Å². The summed E-state index contributed by atoms with van der Waals surface area (Å²) in [4.78, 5) is 0. The van der Waals surface area contributed by atoms with Gasteiger partial charge in [0.15, 0.2) is 5.69 Å². The Morgan fingerprint density at radius 3 is 2.05 bits per heavy atom. The maximum absolute atomic E-state index is 13.1. The van der Waals surface area contributed by atoms with Crippen LogP contribution in [0, 0.1) is 12.7 Å². The maximum Gasteiger partial charge on any atom is 0.213 e. The van der Waals surface area contributed by atoms with Gasteiger partial charge >= 0.3 is 0 Å². The van der Waals surface area contributed by atoms with Crippen LogP contribution in [0.1, 0.15) is 5.69 Å². The van der Waals surface area contributed by atoms with E-state index in [4.69, 9.17) is 0 Å². The third-order valence-electron chi connectivity index (χ3n) is 3.79. The predicted octanol–water partition coefficient (Wildman–Crippen LogP) is 1.30. The van der Waals surface area contributed by atoms with Crippen LogP contribution in [0.15, 0.2) is 66.7 Å². The first-order valence-electron chi connectivity index (χ1n) is 6.97. The van der Waals surface area contributed by atoms with Gasteiger partial charge in [-0.3, -0.25) is 0 Å². The molecule has 0 spiro atoms. The quantitative estimate of drug-likeness (QED) is 0.447. The molecule has 0 amide bonds. The van der Waals surface area contributed by atoms with Crippen molar-refractivity contribution in [1.82, 2.24) is 0 Å². The van der Waals surface area contributed by atoms with Crippen molar-refractivity contribution in [2.45, 2.75) is 6.92 Å². The highest BCUT2D eigenvalue weighted by molar-refractivity contribution is 5.69. The van der Waals surface area contributed by atoms with Crippen LogP contribution in [0.2, 0.25) is 0 Å². The van der Waals surface area contributed by atoms with Crippen LogP contribution in [0.5, 0.6) is 0 Å². The zero-order valence-corrected chi connectivity index (χ0v) is 14.7. The molecule has 0 aliphatic carbocycles. The molecule has 0 aliphatic rings. The van der Waals surface area contributed by atoms with E-state index in [-0.39, 0.29) is 29.8 Å². The highest BCUT2D eigenvalue weighted by Gasteiger charge is 2.15. The Kier molecular flexibility index (Phi) is 5.29. The summed E-state index contributed by atoms with van der Waals surface area (Å²) in [5.74, 6) is -0.211. The van der Waals surface area contributed by atoms with Crippen molar-refractivity contribution in [3.8, 4) is 22.4 Å². The van der Waals surface area contributed by atoms with Gasteiger partial charge in [0.2, 0.25) is 5.69 Å². The maximum atomic E-state index is 13.1. The number of hydrogen-bond donors (Lipinski definition) is 0. The van der Waals surface area contributed by atoms with E-state index in [0.29, 0.717) is 0 Å². The number of rotatable bonds is 2. The van der Waals surface area contributed by atoms with Gasteiger partial charge in [0.25, 0.3) is 0 Å². The molecule has 0 aliphatic heterocycles. The van der Waals surface area contributed by atoms with Gasteiger partial charge in [0.05, 0.1) is 0 Å². The molecule has 0 saturated carbocycles. The number of nitrogens with zero attached hydrogens (tertiary/aromatic N) is 1. The van der Waals surface area contributed by atoms with Crippen LogP contribution in [0.3, 0.4) is 0 Å². The molecular weight excluding hydrogens is 388 g/mol. The molecule has 0 radical (unpaired) electrons. The molecule has 2 aromatic carbocycles. The van der Waals surface area contributed by atoms with Crippen molar-refractivity contribution in [3.05, 3.63) is 78.2 Å². The van der Waals surface area contributed by atoms with Crippen molar-refractivity contribution in [3.63, 3.8) is 0 Å². The van der Waals surface area contributed by atoms with Crippen molar-refractivity contribution in [2.24, 2.45) is 7.05 Å². The Morgan fingerprint density at radius 2 is 1.41 bits per heavy atom. The molecule has 3 rings (SSSR count). The average Bonchev–Trinajstić information content (AvgIpc) is 2.52. The Morgan fingerprint density at radius 1 is 0.773 bits per heavy atom. The number of aromatic nitrogens is 1. The highest BCUT2D eigenvalue weighted by Crippen LogP contribution is 2.24. The monoisotopic (exact) mass is 405 g/mol. The number of benzene rings is 2. The fourth-order valence-corrected chi connectivity index (χ4v) is 2.49. The van der Waals surface area contributed by atoms with Gasteiger partial charge in [-0.1, -0.05) is 30.3 Å². The van der Waals surface area contributed by atoms with Crippen LogP contribution >= 0.6 is 0 Å². The zero-order chi connectivity index (χ0) is 14.8. The molecule has 1 heterocycles. The van der Waals surface area contributed by atoms with E-state index in [2.05, 4.69) is 35.8 Å². The van der Waals surface area contributed by atoms with E-state index in [1.54, 1.807) is 0 Å². The number of hydrogen-bond acceptors (Lipinski definition) is 0. The molecule has 3 aromatic rings. The normalized spacial score (nSPS) is 10.1. The van der Waals surface area contributed by atoms with Gasteiger partial charge in [0.1, 0.15) is 12.9 Å². The third kappa shape index (κ3) is 3.35. The van der Waals surface area contributed by atoms with Gasteiger partial charge in [-0.15, -0.1) is 0 Å². The Hall–Kier alpha value is -1.75. The number of aryl methyl sites for hydroxylation is 1. The summed E-state index contributed by atoms with van der Waals surface area (Å²) in [7, 11) is 2.03. The summed E-state index contributed by atoms with van der Waals surface area (Å²) in [6.07, 6.45) is 0. The summed E-state index contributed by atoms with van der Waals surface area (Å²) >= 11 is 0. The summed E-state index contributed by atoms with van der Waals surface area (Å²) in [6.45, 7) is 2.08. The first kappa shape index (κ1) is 16.6. The molecule has 0 N–H and O–H groups in total. The molecule has 1 nitrogen and oxygen atoms in total. The lowest BCUT2D eigenvalue weighted by Crippen LogP contribution is -3.00. The zero-order valence-electron chi connectivity index (χ0n) is 12.6. The standard InChI is InChI=1S/C19H17FN.HI/c1-14-12-17(15-6-4-3-5-7-15)13-19(21(14)2)16-8-10-18(20)11-9-16;/h3-13H,1-2H3;1H/q+1;/p-1. The third-order valence-corrected chi connectivity index (χ3v) is 3.79. The van der Waals surface area contributed by atoms with Crippen molar-refractivity contribution in [1.29, 1.82) is 0 Å². The summed E-state index contributed by atoms with van der Waals surface area (Å²) in [5, 5.41) is 0. The predicted molar refractivity (Wildman–Crippen MR) is 83.2 cm³/mol. The highest BCUT2D eigenvalue weighted by atomic mass is 127. The van der Waals surface area contributed by atoms with Gasteiger partial charge in [-0.05, 0) is 35.4 Å². The summed E-state index contributed by atoms with van der Waals surface area (Å²) in [5.41, 5.74) is 5.61. The van der Waals surface area contributed by atoms with Crippen molar-refractivity contribution in [2.75, 3.05) is 0 Å². The Labute approximate surface area is 147 Å². The SMILES string of the molecule is Cc1cc(-c2ccccc2)cc(-c2ccc(F)cc2)[n+]1C.[I-].